The quantitative estimate of drug-likeness (QED) is 0.821. The van der Waals surface area contributed by atoms with E-state index in [0.717, 1.165) is 25.0 Å². The first-order chi connectivity index (χ1) is 10.9. The highest BCUT2D eigenvalue weighted by Gasteiger charge is 2.43. The molecule has 2 aliphatic heterocycles. The molecule has 9 heteroatoms. The SMILES string of the molecule is Cl.Cn1c(=O)n(C)c2cc(S(=O)(=O)N3CC[C@H]4CNC[C@H]43)ccc21. The van der Waals surface area contributed by atoms with Crippen molar-refractivity contribution in [1.29, 1.82) is 0 Å². The van der Waals surface area contributed by atoms with Crippen LogP contribution in [0.2, 0.25) is 0 Å². The largest absolute Gasteiger partial charge is 0.328 e. The Balaban J connectivity index is 0.00000169. The average molecular weight is 373 g/mol. The Morgan fingerprint density at radius 1 is 1.12 bits per heavy atom. The standard InChI is InChI=1S/C15H20N4O3S.ClH/c1-17-12-4-3-11(7-13(12)18(2)15(17)20)23(21,22)19-6-5-10-8-16-9-14(10)19;/h3-4,7,10,14,16H,5-6,8-9H2,1-2H3;1H/t10-,14+;/m0./s1. The summed E-state index contributed by atoms with van der Waals surface area (Å²) in [5, 5.41) is 3.27. The highest BCUT2D eigenvalue weighted by atomic mass is 35.5. The number of rotatable bonds is 2. The van der Waals surface area contributed by atoms with Crippen LogP contribution in [0, 0.1) is 5.92 Å². The van der Waals surface area contributed by atoms with E-state index in [4.69, 9.17) is 0 Å². The maximum Gasteiger partial charge on any atom is 0.328 e. The number of imidazole rings is 1. The average Bonchev–Trinajstić information content (AvgIpc) is 3.19. The zero-order valence-electron chi connectivity index (χ0n) is 13.6. The molecule has 2 atom stereocenters. The Morgan fingerprint density at radius 2 is 1.83 bits per heavy atom. The molecule has 4 rings (SSSR count). The van der Waals surface area contributed by atoms with Crippen LogP contribution in [0.5, 0.6) is 0 Å². The molecule has 2 fully saturated rings. The summed E-state index contributed by atoms with van der Waals surface area (Å²) in [6, 6.07) is 4.98. The number of nitrogens with zero attached hydrogens (tertiary/aromatic N) is 3. The summed E-state index contributed by atoms with van der Waals surface area (Å²) in [7, 11) is -0.187. The maximum atomic E-state index is 13.0. The van der Waals surface area contributed by atoms with Crippen LogP contribution in [0.15, 0.2) is 27.9 Å². The lowest BCUT2D eigenvalue weighted by Crippen LogP contribution is -2.39. The van der Waals surface area contributed by atoms with Crippen molar-refractivity contribution in [3.8, 4) is 0 Å². The minimum absolute atomic E-state index is 0. The summed E-state index contributed by atoms with van der Waals surface area (Å²) in [6.07, 6.45) is 0.906. The van der Waals surface area contributed by atoms with Gasteiger partial charge in [0.15, 0.2) is 0 Å². The third-order valence-electron chi connectivity index (χ3n) is 5.24. The van der Waals surface area contributed by atoms with Gasteiger partial charge in [-0.15, -0.1) is 12.4 Å². The molecule has 1 aromatic carbocycles. The number of sulfonamides is 1. The summed E-state index contributed by atoms with van der Waals surface area (Å²) >= 11 is 0. The second kappa shape index (κ2) is 5.87. The lowest BCUT2D eigenvalue weighted by molar-refractivity contribution is 0.383. The molecular weight excluding hydrogens is 352 g/mol. The van der Waals surface area contributed by atoms with Gasteiger partial charge < -0.3 is 5.32 Å². The van der Waals surface area contributed by atoms with Gasteiger partial charge >= 0.3 is 5.69 Å². The van der Waals surface area contributed by atoms with Crippen LogP contribution in [0.25, 0.3) is 11.0 Å². The van der Waals surface area contributed by atoms with E-state index in [9.17, 15) is 13.2 Å². The van der Waals surface area contributed by atoms with Crippen molar-refractivity contribution in [1.82, 2.24) is 18.8 Å². The first kappa shape index (κ1) is 17.5. The summed E-state index contributed by atoms with van der Waals surface area (Å²) in [5.41, 5.74) is 1.22. The van der Waals surface area contributed by atoms with E-state index >= 15 is 0 Å². The monoisotopic (exact) mass is 372 g/mol. The second-order valence-electron chi connectivity index (χ2n) is 6.44. The smallest absolute Gasteiger partial charge is 0.315 e. The van der Waals surface area contributed by atoms with Crippen molar-refractivity contribution in [3.05, 3.63) is 28.7 Å². The van der Waals surface area contributed by atoms with Crippen LogP contribution in [0.3, 0.4) is 0 Å². The minimum Gasteiger partial charge on any atom is -0.315 e. The number of aryl methyl sites for hydroxylation is 2. The molecule has 0 saturated carbocycles. The zero-order valence-corrected chi connectivity index (χ0v) is 15.2. The highest BCUT2D eigenvalue weighted by Crippen LogP contribution is 2.32. The van der Waals surface area contributed by atoms with Gasteiger partial charge in [0.2, 0.25) is 10.0 Å². The summed E-state index contributed by atoms with van der Waals surface area (Å²) in [4.78, 5) is 12.3. The number of hydrogen-bond acceptors (Lipinski definition) is 4. The molecule has 0 radical (unpaired) electrons. The van der Waals surface area contributed by atoms with Crippen LogP contribution >= 0.6 is 12.4 Å². The second-order valence-corrected chi connectivity index (χ2v) is 8.33. The third kappa shape index (κ3) is 2.32. The summed E-state index contributed by atoms with van der Waals surface area (Å²) in [5.74, 6) is 0.412. The minimum atomic E-state index is -3.54. The molecule has 2 aliphatic rings. The van der Waals surface area contributed by atoms with Gasteiger partial charge in [-0.2, -0.15) is 4.31 Å². The van der Waals surface area contributed by atoms with Crippen molar-refractivity contribution in [3.63, 3.8) is 0 Å². The van der Waals surface area contributed by atoms with E-state index < -0.39 is 10.0 Å². The maximum absolute atomic E-state index is 13.0. The van der Waals surface area contributed by atoms with Crippen molar-refractivity contribution in [2.24, 2.45) is 20.0 Å². The molecule has 132 valence electrons. The molecule has 0 aliphatic carbocycles. The Morgan fingerprint density at radius 3 is 2.58 bits per heavy atom. The molecular formula is C15H21ClN4O3S. The van der Waals surface area contributed by atoms with Gasteiger partial charge in [-0.05, 0) is 37.1 Å². The fraction of sp³-hybridized carbons (Fsp3) is 0.533. The molecule has 0 bridgehead atoms. The lowest BCUT2D eigenvalue weighted by Gasteiger charge is -2.22. The Bertz CT molecular complexity index is 950. The van der Waals surface area contributed by atoms with Gasteiger partial charge in [0.25, 0.3) is 0 Å². The molecule has 0 amide bonds. The summed E-state index contributed by atoms with van der Waals surface area (Å²) < 4.78 is 30.7. The number of nitrogens with one attached hydrogen (secondary N) is 1. The van der Waals surface area contributed by atoms with Gasteiger partial charge in [0.05, 0.1) is 15.9 Å². The predicted molar refractivity (Wildman–Crippen MR) is 94.1 cm³/mol. The lowest BCUT2D eigenvalue weighted by atomic mass is 10.1. The molecule has 24 heavy (non-hydrogen) atoms. The number of aromatic nitrogens is 2. The summed E-state index contributed by atoms with van der Waals surface area (Å²) in [6.45, 7) is 2.18. The molecule has 2 aromatic rings. The first-order valence-electron chi connectivity index (χ1n) is 7.79. The zero-order chi connectivity index (χ0) is 16.4. The van der Waals surface area contributed by atoms with E-state index in [0.29, 0.717) is 18.0 Å². The number of fused-ring (bicyclic) bond motifs is 2. The van der Waals surface area contributed by atoms with Crippen LogP contribution in [0.4, 0.5) is 0 Å². The van der Waals surface area contributed by atoms with Gasteiger partial charge in [-0.25, -0.2) is 13.2 Å². The van der Waals surface area contributed by atoms with Gasteiger partial charge in [0.1, 0.15) is 0 Å². The van der Waals surface area contributed by atoms with Gasteiger partial charge in [-0.3, -0.25) is 9.13 Å². The van der Waals surface area contributed by atoms with Crippen LogP contribution in [-0.2, 0) is 24.1 Å². The van der Waals surface area contributed by atoms with Crippen molar-refractivity contribution >= 4 is 33.5 Å². The molecule has 3 heterocycles. The predicted octanol–water partition coefficient (Wildman–Crippen LogP) is 0.281. The molecule has 0 unspecified atom stereocenters. The van der Waals surface area contributed by atoms with Gasteiger partial charge in [-0.1, -0.05) is 0 Å². The van der Waals surface area contributed by atoms with Crippen molar-refractivity contribution in [2.45, 2.75) is 17.4 Å². The topological polar surface area (TPSA) is 76.3 Å². The van der Waals surface area contributed by atoms with E-state index in [-0.39, 0.29) is 29.0 Å². The van der Waals surface area contributed by atoms with E-state index in [1.807, 2.05) is 0 Å². The molecule has 2 saturated heterocycles. The third-order valence-corrected chi connectivity index (χ3v) is 7.16. The molecule has 0 spiro atoms. The fourth-order valence-electron chi connectivity index (χ4n) is 3.89. The fourth-order valence-corrected chi connectivity index (χ4v) is 5.61. The van der Waals surface area contributed by atoms with Crippen LogP contribution in [0.1, 0.15) is 6.42 Å². The van der Waals surface area contributed by atoms with E-state index in [2.05, 4.69) is 5.32 Å². The number of benzene rings is 1. The molecule has 1 aromatic heterocycles. The van der Waals surface area contributed by atoms with Crippen LogP contribution < -0.4 is 11.0 Å². The Kier molecular flexibility index (Phi) is 4.28. The van der Waals surface area contributed by atoms with E-state index in [1.54, 1.807) is 36.6 Å². The number of halogens is 1. The van der Waals surface area contributed by atoms with Crippen molar-refractivity contribution < 1.29 is 8.42 Å². The van der Waals surface area contributed by atoms with Gasteiger partial charge in [0, 0.05) is 33.2 Å². The highest BCUT2D eigenvalue weighted by molar-refractivity contribution is 7.89. The molecule has 7 nitrogen and oxygen atoms in total. The normalized spacial score (nSPS) is 24.2. The molecule has 1 N–H and O–H groups in total. The van der Waals surface area contributed by atoms with Crippen molar-refractivity contribution in [2.75, 3.05) is 19.6 Å². The Hall–Kier alpha value is -1.35. The van der Waals surface area contributed by atoms with Crippen LogP contribution in [-0.4, -0.2) is 47.5 Å². The Labute approximate surface area is 146 Å². The van der Waals surface area contributed by atoms with E-state index in [1.165, 1.54) is 9.13 Å². The number of hydrogen-bond donors (Lipinski definition) is 1. The first-order valence-corrected chi connectivity index (χ1v) is 9.23.